The molecule has 0 N–H and O–H groups in total. The Labute approximate surface area is 168 Å². The van der Waals surface area contributed by atoms with Crippen molar-refractivity contribution in [1.29, 1.82) is 5.26 Å². The number of benzene rings is 1. The molecule has 5 nitrogen and oxygen atoms in total. The maximum atomic E-state index is 14.2. The summed E-state index contributed by atoms with van der Waals surface area (Å²) in [6.07, 6.45) is 4.01. The Kier molecular flexibility index (Phi) is 4.87. The largest absolute Gasteiger partial charge is 0.271 e. The number of aromatic nitrogens is 4. The van der Waals surface area contributed by atoms with Crippen LogP contribution >= 0.6 is 0 Å². The van der Waals surface area contributed by atoms with Crippen LogP contribution in [0.15, 0.2) is 36.5 Å². The van der Waals surface area contributed by atoms with Crippen LogP contribution in [0, 0.1) is 23.0 Å². The zero-order valence-corrected chi connectivity index (χ0v) is 16.4. The molecule has 3 aromatic rings. The molecule has 0 spiro atoms. The highest BCUT2D eigenvalue weighted by molar-refractivity contribution is 5.62. The van der Waals surface area contributed by atoms with Crippen molar-refractivity contribution in [2.24, 2.45) is 0 Å². The van der Waals surface area contributed by atoms with E-state index in [9.17, 15) is 8.78 Å². The van der Waals surface area contributed by atoms with Crippen LogP contribution < -0.4 is 0 Å². The molecule has 1 aliphatic rings. The predicted molar refractivity (Wildman–Crippen MR) is 104 cm³/mol. The molecule has 7 heteroatoms. The summed E-state index contributed by atoms with van der Waals surface area (Å²) >= 11 is 0. The van der Waals surface area contributed by atoms with E-state index in [0.717, 1.165) is 29.8 Å². The van der Waals surface area contributed by atoms with Crippen molar-refractivity contribution >= 4 is 0 Å². The Morgan fingerprint density at radius 1 is 1.24 bits per heavy atom. The minimum absolute atomic E-state index is 0.150. The molecule has 29 heavy (non-hydrogen) atoms. The summed E-state index contributed by atoms with van der Waals surface area (Å²) in [6, 6.07) is 9.61. The van der Waals surface area contributed by atoms with E-state index in [1.54, 1.807) is 10.7 Å². The van der Waals surface area contributed by atoms with Crippen molar-refractivity contribution in [3.05, 3.63) is 65.1 Å². The molecule has 0 saturated heterocycles. The quantitative estimate of drug-likeness (QED) is 0.642. The van der Waals surface area contributed by atoms with Crippen molar-refractivity contribution in [2.75, 3.05) is 0 Å². The summed E-state index contributed by atoms with van der Waals surface area (Å²) in [7, 11) is 0. The van der Waals surface area contributed by atoms with Gasteiger partial charge in [0.15, 0.2) is 0 Å². The highest BCUT2D eigenvalue weighted by Crippen LogP contribution is 2.45. The normalized spacial score (nSPS) is 20.9. The van der Waals surface area contributed by atoms with Gasteiger partial charge in [-0.15, -0.1) is 5.10 Å². The van der Waals surface area contributed by atoms with Gasteiger partial charge in [0.2, 0.25) is 0 Å². The number of rotatable bonds is 4. The second-order valence-electron chi connectivity index (χ2n) is 7.77. The van der Waals surface area contributed by atoms with Crippen molar-refractivity contribution in [2.45, 2.75) is 51.0 Å². The summed E-state index contributed by atoms with van der Waals surface area (Å²) in [5.74, 6) is -1.11. The first-order valence-electron chi connectivity index (χ1n) is 9.67. The maximum absolute atomic E-state index is 14.2. The first-order chi connectivity index (χ1) is 13.9. The molecule has 0 saturated carbocycles. The van der Waals surface area contributed by atoms with Gasteiger partial charge in [0, 0.05) is 6.20 Å². The number of nitriles is 1. The van der Waals surface area contributed by atoms with Gasteiger partial charge < -0.3 is 0 Å². The van der Waals surface area contributed by atoms with Gasteiger partial charge in [0.05, 0.1) is 47.1 Å². The van der Waals surface area contributed by atoms with E-state index in [4.69, 9.17) is 5.26 Å². The van der Waals surface area contributed by atoms with Gasteiger partial charge in [-0.2, -0.15) is 15.5 Å². The molecule has 2 atom stereocenters. The molecule has 2 heterocycles. The van der Waals surface area contributed by atoms with Crippen LogP contribution in [0.1, 0.15) is 56.0 Å². The average molecular weight is 393 g/mol. The topological polar surface area (TPSA) is 67.4 Å². The number of nitrogens with zero attached hydrogens (tertiary/aromatic N) is 5. The zero-order valence-electron chi connectivity index (χ0n) is 16.4. The van der Waals surface area contributed by atoms with Crippen molar-refractivity contribution < 1.29 is 8.78 Å². The van der Waals surface area contributed by atoms with Crippen LogP contribution in [-0.2, 0) is 12.0 Å². The highest BCUT2D eigenvalue weighted by atomic mass is 19.1. The fraction of sp³-hybridized carbons (Fsp3) is 0.364. The molecule has 0 aliphatic heterocycles. The second kappa shape index (κ2) is 7.36. The molecule has 0 radical (unpaired) electrons. The van der Waals surface area contributed by atoms with E-state index in [2.05, 4.69) is 35.2 Å². The lowest BCUT2D eigenvalue weighted by molar-refractivity contribution is 0.399. The Balaban J connectivity index is 1.78. The fourth-order valence-electron chi connectivity index (χ4n) is 4.05. The van der Waals surface area contributed by atoms with Gasteiger partial charge in [-0.3, -0.25) is 4.68 Å². The van der Waals surface area contributed by atoms with Crippen LogP contribution in [0.25, 0.3) is 11.3 Å². The van der Waals surface area contributed by atoms with E-state index in [1.165, 1.54) is 18.2 Å². The first kappa shape index (κ1) is 19.2. The van der Waals surface area contributed by atoms with Gasteiger partial charge in [-0.05, 0) is 55.5 Å². The molecular formula is C22H21F2N5. The molecule has 1 aliphatic carbocycles. The Morgan fingerprint density at radius 2 is 2.00 bits per heavy atom. The number of fused-ring (bicyclic) bond motifs is 1. The Bertz CT molecular complexity index is 1080. The number of hydrogen-bond donors (Lipinski definition) is 0. The molecule has 1 aromatic carbocycles. The monoisotopic (exact) mass is 393 g/mol. The molecule has 0 bridgehead atoms. The van der Waals surface area contributed by atoms with Crippen LogP contribution in [0.4, 0.5) is 8.78 Å². The van der Waals surface area contributed by atoms with Gasteiger partial charge in [0.1, 0.15) is 11.6 Å². The van der Waals surface area contributed by atoms with Gasteiger partial charge in [0.25, 0.3) is 0 Å². The van der Waals surface area contributed by atoms with Crippen molar-refractivity contribution in [3.8, 4) is 17.3 Å². The lowest BCUT2D eigenvalue weighted by atomic mass is 9.69. The minimum Gasteiger partial charge on any atom is -0.271 e. The van der Waals surface area contributed by atoms with E-state index < -0.39 is 17.0 Å². The Morgan fingerprint density at radius 3 is 2.72 bits per heavy atom. The van der Waals surface area contributed by atoms with Crippen LogP contribution in [0.2, 0.25) is 0 Å². The summed E-state index contributed by atoms with van der Waals surface area (Å²) in [5, 5.41) is 22.1. The van der Waals surface area contributed by atoms with Crippen LogP contribution in [-0.4, -0.2) is 20.0 Å². The smallest absolute Gasteiger partial charge is 0.135 e. The summed E-state index contributed by atoms with van der Waals surface area (Å²) in [6.45, 7) is 4.70. The number of hydrogen-bond acceptors (Lipinski definition) is 4. The second-order valence-corrected chi connectivity index (χ2v) is 7.77. The SMILES string of the molecule is C[C@H]1CC[C@](C)(c2ccn(CCC#N)n2)c2nnc(-c3c(F)cccc3F)cc21. The average Bonchev–Trinajstić information content (AvgIpc) is 3.19. The lowest BCUT2D eigenvalue weighted by Crippen LogP contribution is -2.32. The van der Waals surface area contributed by atoms with Crippen LogP contribution in [0.5, 0.6) is 0 Å². The van der Waals surface area contributed by atoms with Gasteiger partial charge >= 0.3 is 0 Å². The van der Waals surface area contributed by atoms with E-state index in [-0.39, 0.29) is 17.2 Å². The minimum atomic E-state index is -0.651. The number of aryl methyl sites for hydroxylation is 1. The summed E-state index contributed by atoms with van der Waals surface area (Å²) in [4.78, 5) is 0. The first-order valence-corrected chi connectivity index (χ1v) is 9.67. The summed E-state index contributed by atoms with van der Waals surface area (Å²) in [5.41, 5.74) is 2.21. The molecule has 0 amide bonds. The van der Waals surface area contributed by atoms with Crippen molar-refractivity contribution in [3.63, 3.8) is 0 Å². The summed E-state index contributed by atoms with van der Waals surface area (Å²) < 4.78 is 30.2. The standard InChI is InChI=1S/C22H21F2N5/c1-14-7-9-22(2,19-8-12-29(28-19)11-4-10-25)21-15(14)13-18(26-27-21)20-16(23)5-3-6-17(20)24/h3,5-6,8,12-14H,4,7,9,11H2,1-2H3/t14-,22+/m0/s1. The zero-order chi connectivity index (χ0) is 20.6. The third-order valence-electron chi connectivity index (χ3n) is 5.83. The number of halogens is 2. The molecular weight excluding hydrogens is 372 g/mol. The van der Waals surface area contributed by atoms with Gasteiger partial charge in [-0.25, -0.2) is 8.78 Å². The molecule has 148 valence electrons. The molecule has 0 unspecified atom stereocenters. The lowest BCUT2D eigenvalue weighted by Gasteiger charge is -2.36. The predicted octanol–water partition coefficient (Wildman–Crippen LogP) is 4.74. The molecule has 0 fully saturated rings. The third kappa shape index (κ3) is 3.29. The maximum Gasteiger partial charge on any atom is 0.135 e. The molecule has 4 rings (SSSR count). The highest BCUT2D eigenvalue weighted by Gasteiger charge is 2.40. The van der Waals surface area contributed by atoms with Crippen molar-refractivity contribution in [1.82, 2.24) is 20.0 Å². The van der Waals surface area contributed by atoms with E-state index in [1.807, 2.05) is 12.3 Å². The Hall–Kier alpha value is -3.14. The van der Waals surface area contributed by atoms with Gasteiger partial charge in [-0.1, -0.05) is 13.0 Å². The van der Waals surface area contributed by atoms with E-state index in [0.29, 0.717) is 13.0 Å². The van der Waals surface area contributed by atoms with Crippen LogP contribution in [0.3, 0.4) is 0 Å². The molecule has 2 aromatic heterocycles. The van der Waals surface area contributed by atoms with E-state index >= 15 is 0 Å². The fourth-order valence-corrected chi connectivity index (χ4v) is 4.05. The third-order valence-corrected chi connectivity index (χ3v) is 5.83.